The molecule has 1 aliphatic carbocycles. The van der Waals surface area contributed by atoms with Crippen molar-refractivity contribution in [3.8, 4) is 51.0 Å². The summed E-state index contributed by atoms with van der Waals surface area (Å²) in [6, 6.07) is 62.3. The third-order valence-corrected chi connectivity index (χ3v) is 12.2. The highest BCUT2D eigenvalue weighted by Gasteiger charge is 2.22. The molecule has 264 valence electrons. The van der Waals surface area contributed by atoms with Crippen LogP contribution in [0.3, 0.4) is 0 Å². The zero-order chi connectivity index (χ0) is 37.0. The SMILES string of the molecule is C1=c2c(n(-c3ccccc3)c3ccccc23)=CC(c2ccccc2-c2cc(-c3nc(-c4ccccc4)nc(-c4ccccc4)n3)c3sc4ccccc4c3c2)C1. The van der Waals surface area contributed by atoms with Crippen molar-refractivity contribution < 1.29 is 0 Å². The van der Waals surface area contributed by atoms with Crippen LogP contribution in [-0.4, -0.2) is 19.5 Å². The van der Waals surface area contributed by atoms with E-state index in [1.54, 1.807) is 11.3 Å². The zero-order valence-corrected chi connectivity index (χ0v) is 31.2. The number of fused-ring (bicyclic) bond motifs is 6. The highest BCUT2D eigenvalue weighted by molar-refractivity contribution is 7.26. The van der Waals surface area contributed by atoms with E-state index in [4.69, 9.17) is 15.0 Å². The minimum Gasteiger partial charge on any atom is -0.310 e. The highest BCUT2D eigenvalue weighted by Crippen LogP contribution is 2.44. The molecule has 7 aromatic carbocycles. The molecule has 0 bridgehead atoms. The first-order chi connectivity index (χ1) is 27.8. The fourth-order valence-corrected chi connectivity index (χ4v) is 9.59. The molecule has 0 amide bonds. The lowest BCUT2D eigenvalue weighted by Crippen LogP contribution is -2.32. The molecule has 1 atom stereocenters. The Morgan fingerprint density at radius 3 is 1.86 bits per heavy atom. The first-order valence-corrected chi connectivity index (χ1v) is 19.9. The molecular weight excluding hydrogens is 701 g/mol. The second kappa shape index (κ2) is 13.4. The largest absolute Gasteiger partial charge is 0.310 e. The van der Waals surface area contributed by atoms with Crippen LogP contribution in [0, 0.1) is 0 Å². The molecule has 0 aliphatic heterocycles. The summed E-state index contributed by atoms with van der Waals surface area (Å²) in [5.41, 5.74) is 8.99. The van der Waals surface area contributed by atoms with E-state index in [1.165, 1.54) is 58.5 Å². The molecule has 10 aromatic rings. The molecule has 56 heavy (non-hydrogen) atoms. The maximum atomic E-state index is 5.22. The Hall–Kier alpha value is -6.95. The number of hydrogen-bond donors (Lipinski definition) is 0. The summed E-state index contributed by atoms with van der Waals surface area (Å²) in [6.45, 7) is 0. The van der Waals surface area contributed by atoms with Crippen LogP contribution in [0.15, 0.2) is 176 Å². The number of thiophene rings is 1. The number of nitrogens with zero attached hydrogens (tertiary/aromatic N) is 4. The van der Waals surface area contributed by atoms with Gasteiger partial charge in [-0.05, 0) is 59.5 Å². The van der Waals surface area contributed by atoms with Gasteiger partial charge in [-0.25, -0.2) is 15.0 Å². The van der Waals surface area contributed by atoms with Crippen molar-refractivity contribution in [2.45, 2.75) is 12.3 Å². The molecule has 0 N–H and O–H groups in total. The van der Waals surface area contributed by atoms with Gasteiger partial charge >= 0.3 is 0 Å². The fraction of sp³-hybridized carbons (Fsp3) is 0.0392. The van der Waals surface area contributed by atoms with Gasteiger partial charge in [0, 0.05) is 59.1 Å². The molecule has 0 saturated heterocycles. The van der Waals surface area contributed by atoms with Crippen molar-refractivity contribution in [3.63, 3.8) is 0 Å². The van der Waals surface area contributed by atoms with Crippen molar-refractivity contribution in [1.82, 2.24) is 19.5 Å². The van der Waals surface area contributed by atoms with Crippen LogP contribution in [-0.2, 0) is 0 Å². The van der Waals surface area contributed by atoms with Gasteiger partial charge in [0.15, 0.2) is 17.5 Å². The van der Waals surface area contributed by atoms with Crippen molar-refractivity contribution in [2.24, 2.45) is 0 Å². The quantitative estimate of drug-likeness (QED) is 0.171. The number of hydrogen-bond acceptors (Lipinski definition) is 4. The van der Waals surface area contributed by atoms with Gasteiger partial charge in [0.25, 0.3) is 0 Å². The van der Waals surface area contributed by atoms with Gasteiger partial charge in [-0.3, -0.25) is 0 Å². The Morgan fingerprint density at radius 2 is 1.11 bits per heavy atom. The lowest BCUT2D eigenvalue weighted by Gasteiger charge is -2.20. The molecule has 0 spiro atoms. The summed E-state index contributed by atoms with van der Waals surface area (Å²) in [6.07, 6.45) is 5.85. The number of para-hydroxylation sites is 2. The molecule has 3 heterocycles. The van der Waals surface area contributed by atoms with E-state index < -0.39 is 0 Å². The first-order valence-electron chi connectivity index (χ1n) is 19.1. The average molecular weight is 735 g/mol. The highest BCUT2D eigenvalue weighted by atomic mass is 32.1. The second-order valence-electron chi connectivity index (χ2n) is 14.3. The van der Waals surface area contributed by atoms with Crippen LogP contribution in [0.25, 0.3) is 94.2 Å². The van der Waals surface area contributed by atoms with Crippen LogP contribution in [0.1, 0.15) is 17.9 Å². The lowest BCUT2D eigenvalue weighted by molar-refractivity contribution is 0.906. The summed E-state index contributed by atoms with van der Waals surface area (Å²) in [5, 5.41) is 6.29. The van der Waals surface area contributed by atoms with Gasteiger partial charge in [-0.15, -0.1) is 11.3 Å². The van der Waals surface area contributed by atoms with Crippen molar-refractivity contribution in [2.75, 3.05) is 0 Å². The summed E-state index contributed by atoms with van der Waals surface area (Å²) in [5.74, 6) is 2.16. The molecular formula is C51H34N4S. The summed E-state index contributed by atoms with van der Waals surface area (Å²) >= 11 is 1.80. The van der Waals surface area contributed by atoms with Gasteiger partial charge < -0.3 is 4.57 Å². The van der Waals surface area contributed by atoms with E-state index in [9.17, 15) is 0 Å². The molecule has 1 unspecified atom stereocenters. The molecule has 11 rings (SSSR count). The predicted octanol–water partition coefficient (Wildman–Crippen LogP) is 11.6. The van der Waals surface area contributed by atoms with Gasteiger partial charge in [-0.2, -0.15) is 0 Å². The Morgan fingerprint density at radius 1 is 0.500 bits per heavy atom. The van der Waals surface area contributed by atoms with E-state index in [1.807, 2.05) is 36.4 Å². The van der Waals surface area contributed by atoms with Gasteiger partial charge in [-0.1, -0.05) is 152 Å². The van der Waals surface area contributed by atoms with Crippen LogP contribution in [0.4, 0.5) is 0 Å². The number of rotatable bonds is 6. The number of benzene rings is 7. The maximum Gasteiger partial charge on any atom is 0.165 e. The van der Waals surface area contributed by atoms with Crippen LogP contribution in [0.2, 0.25) is 0 Å². The minimum atomic E-state index is 0.176. The summed E-state index contributed by atoms with van der Waals surface area (Å²) in [4.78, 5) is 15.5. The molecule has 0 fully saturated rings. The average Bonchev–Trinajstić information content (AvgIpc) is 3.82. The van der Waals surface area contributed by atoms with E-state index in [2.05, 4.69) is 156 Å². The topological polar surface area (TPSA) is 43.6 Å². The normalized spacial score (nSPS) is 13.8. The fourth-order valence-electron chi connectivity index (χ4n) is 8.40. The lowest BCUT2D eigenvalue weighted by atomic mass is 9.85. The van der Waals surface area contributed by atoms with Crippen LogP contribution in [0.5, 0.6) is 0 Å². The van der Waals surface area contributed by atoms with Gasteiger partial charge in [0.2, 0.25) is 0 Å². The van der Waals surface area contributed by atoms with Gasteiger partial charge in [0.05, 0.1) is 10.9 Å². The van der Waals surface area contributed by atoms with Crippen molar-refractivity contribution >= 4 is 54.6 Å². The first kappa shape index (κ1) is 32.5. The Labute approximate surface area is 328 Å². The van der Waals surface area contributed by atoms with E-state index in [0.717, 1.165) is 28.7 Å². The third kappa shape index (κ3) is 5.47. The minimum absolute atomic E-state index is 0.176. The molecule has 0 radical (unpaired) electrons. The van der Waals surface area contributed by atoms with E-state index in [-0.39, 0.29) is 5.92 Å². The molecule has 4 nitrogen and oxygen atoms in total. The van der Waals surface area contributed by atoms with E-state index >= 15 is 0 Å². The second-order valence-corrected chi connectivity index (χ2v) is 15.4. The van der Waals surface area contributed by atoms with Crippen molar-refractivity contribution in [1.29, 1.82) is 0 Å². The molecule has 1 aliphatic rings. The third-order valence-electron chi connectivity index (χ3n) is 11.0. The summed E-state index contributed by atoms with van der Waals surface area (Å²) in [7, 11) is 0. The Bertz CT molecular complexity index is 3160. The van der Waals surface area contributed by atoms with E-state index in [0.29, 0.717) is 17.5 Å². The smallest absolute Gasteiger partial charge is 0.165 e. The monoisotopic (exact) mass is 734 g/mol. The molecule has 5 heteroatoms. The molecule has 3 aromatic heterocycles. The predicted molar refractivity (Wildman–Crippen MR) is 233 cm³/mol. The van der Waals surface area contributed by atoms with Crippen molar-refractivity contribution in [3.05, 3.63) is 192 Å². The van der Waals surface area contributed by atoms with Crippen LogP contribution < -0.4 is 10.6 Å². The Balaban J connectivity index is 1.14. The zero-order valence-electron chi connectivity index (χ0n) is 30.4. The standard InChI is InChI=1S/C51H34N4S/c1-4-16-33(17-5-1)49-52-50(34-18-6-2-7-19-34)54-51(53-49)44-31-36(30-43-42-25-13-15-27-47(42)56-48(43)44)39-23-11-10-22-38(39)35-28-29-41-40-24-12-14-26-45(40)55(46(41)32-35)37-20-8-3-9-21-37/h1-27,29-32,35H,28H2. The van der Waals surface area contributed by atoms with Crippen LogP contribution >= 0.6 is 11.3 Å². The summed E-state index contributed by atoms with van der Waals surface area (Å²) < 4.78 is 4.84. The maximum absolute atomic E-state index is 5.22. The number of aromatic nitrogens is 4. The molecule has 0 saturated carbocycles. The van der Waals surface area contributed by atoms with Gasteiger partial charge in [0.1, 0.15) is 0 Å². The Kier molecular flexibility index (Phi) is 7.78.